The average molecular weight is 702 g/mol. The smallest absolute Gasteiger partial charge is 0.281 e. The van der Waals surface area contributed by atoms with E-state index in [9.17, 15) is 77.9 Å². The minimum absolute atomic E-state index is 0.331. The molecule has 0 saturated carbocycles. The number of alkyl halides is 12. The summed E-state index contributed by atoms with van der Waals surface area (Å²) in [7, 11) is -24.1. The van der Waals surface area contributed by atoms with Crippen molar-refractivity contribution in [3.63, 3.8) is 0 Å². The van der Waals surface area contributed by atoms with Gasteiger partial charge in [-0.15, -0.1) is 0 Å². The van der Waals surface area contributed by atoms with E-state index in [-0.39, 0.29) is 0 Å². The van der Waals surface area contributed by atoms with Crippen LogP contribution in [0, 0.1) is 0 Å². The number of benzene rings is 1. The van der Waals surface area contributed by atoms with Gasteiger partial charge in [0.05, 0.1) is 5.02 Å². The van der Waals surface area contributed by atoms with Gasteiger partial charge in [-0.3, -0.25) is 4.55 Å². The molecule has 8 nitrogen and oxygen atoms in total. The van der Waals surface area contributed by atoms with Crippen molar-refractivity contribution in [1.82, 2.24) is 4.13 Å². The number of nitrogens with one attached hydrogen (secondary N) is 1. The van der Waals surface area contributed by atoms with Gasteiger partial charge in [-0.1, -0.05) is 27.3 Å². The zero-order chi connectivity index (χ0) is 30.8. The number of hydrogen-bond donors (Lipinski definition) is 2. The summed E-state index contributed by atoms with van der Waals surface area (Å²) < 4.78 is 238. The van der Waals surface area contributed by atoms with Gasteiger partial charge in [-0.2, -0.15) is 61.1 Å². The largest absolute Gasteiger partial charge is 0.448 e. The molecule has 0 radical (unpaired) electrons. The fraction of sp³-hybridized carbons (Fsp3) is 0.500. The van der Waals surface area contributed by atoms with Gasteiger partial charge in [0.15, 0.2) is 0 Å². The molecule has 0 atom stereocenters. The van der Waals surface area contributed by atoms with Crippen molar-refractivity contribution >= 4 is 65.1 Å². The summed E-state index contributed by atoms with van der Waals surface area (Å²) in [5.74, 6) is -15.5. The lowest BCUT2D eigenvalue weighted by atomic mass is 10.2. The first-order chi connectivity index (χ1) is 16.3. The van der Waals surface area contributed by atoms with Crippen LogP contribution in [-0.4, -0.2) is 62.7 Å². The van der Waals surface area contributed by atoms with Gasteiger partial charge >= 0.3 is 43.0 Å². The quantitative estimate of drug-likeness (QED) is 0.190. The summed E-state index contributed by atoms with van der Waals surface area (Å²) in [5, 5.41) is -30.5. The molecule has 0 aliphatic rings. The van der Waals surface area contributed by atoms with Crippen LogP contribution in [0.5, 0.6) is 0 Å². The van der Waals surface area contributed by atoms with Crippen molar-refractivity contribution in [3.05, 3.63) is 28.2 Å². The van der Waals surface area contributed by atoms with Crippen LogP contribution >= 0.6 is 35.0 Å². The van der Waals surface area contributed by atoms with Crippen LogP contribution in [-0.2, 0) is 30.2 Å². The van der Waals surface area contributed by atoms with Crippen LogP contribution in [0.2, 0.25) is 10.0 Å². The zero-order valence-electron chi connectivity index (χ0n) is 16.6. The highest BCUT2D eigenvalue weighted by molar-refractivity contribution is 8.06. The van der Waals surface area contributed by atoms with Gasteiger partial charge < -0.3 is 0 Å². The summed E-state index contributed by atoms with van der Waals surface area (Å²) in [6.45, 7) is 0. The molecule has 26 heteroatoms. The third kappa shape index (κ3) is 5.50. The molecule has 0 saturated heterocycles. The van der Waals surface area contributed by atoms with E-state index in [4.69, 9.17) is 27.8 Å². The molecule has 1 aromatic rings. The Morgan fingerprint density at radius 1 is 0.684 bits per heavy atom. The fourth-order valence-corrected chi connectivity index (χ4v) is 6.92. The molecule has 0 aromatic heterocycles. The van der Waals surface area contributed by atoms with E-state index in [0.717, 1.165) is 6.07 Å². The van der Waals surface area contributed by atoms with Crippen molar-refractivity contribution in [2.75, 3.05) is 0 Å². The number of hydrogen-bond acceptors (Lipinski definition) is 7. The number of halogens is 14. The van der Waals surface area contributed by atoms with E-state index in [1.165, 1.54) is 0 Å². The third-order valence-corrected chi connectivity index (χ3v) is 10.2. The molecule has 222 valence electrons. The van der Waals surface area contributed by atoms with E-state index in [1.54, 1.807) is 0 Å². The van der Waals surface area contributed by atoms with Gasteiger partial charge in [0, 0.05) is 9.92 Å². The molecule has 0 aliphatic heterocycles. The van der Waals surface area contributed by atoms with Crippen LogP contribution < -0.4 is 4.13 Å². The molecule has 0 aliphatic carbocycles. The molecule has 0 bridgehead atoms. The maximum absolute atomic E-state index is 14.1. The van der Waals surface area contributed by atoms with E-state index < -0.39 is 93.9 Å². The Hall–Kier alpha value is -0.920. The normalized spacial score (nSPS) is 15.6. The van der Waals surface area contributed by atoms with Gasteiger partial charge in [0.25, 0.3) is 20.0 Å². The van der Waals surface area contributed by atoms with E-state index in [2.05, 4.69) is 0 Å². The molecule has 0 heterocycles. The second-order valence-electron chi connectivity index (χ2n) is 6.46. The topological polar surface area (TPSA) is 135 Å². The van der Waals surface area contributed by atoms with Gasteiger partial charge in [0.2, 0.25) is 0 Å². The second-order valence-corrected chi connectivity index (χ2v) is 13.6. The van der Waals surface area contributed by atoms with E-state index in [0.29, 0.717) is 12.1 Å². The zero-order valence-corrected chi connectivity index (χ0v) is 21.3. The fourth-order valence-electron chi connectivity index (χ4n) is 1.85. The van der Waals surface area contributed by atoms with Crippen LogP contribution in [0.15, 0.2) is 23.1 Å². The molecule has 1 rings (SSSR count). The second kappa shape index (κ2) is 9.87. The van der Waals surface area contributed by atoms with Crippen molar-refractivity contribution in [1.29, 1.82) is 0 Å². The summed E-state index contributed by atoms with van der Waals surface area (Å²) in [6.07, 6.45) is 0. The lowest BCUT2D eigenvalue weighted by Crippen LogP contribution is -2.66. The van der Waals surface area contributed by atoms with Gasteiger partial charge in [-0.25, -0.2) is 16.8 Å². The molecule has 2 N–H and O–H groups in total. The van der Waals surface area contributed by atoms with Crippen molar-refractivity contribution < 1.29 is 82.5 Å². The Bertz CT molecular complexity index is 1420. The highest BCUT2D eigenvalue weighted by Gasteiger charge is 2.85. The molecule has 0 spiro atoms. The lowest BCUT2D eigenvalue weighted by molar-refractivity contribution is -0.324. The molecular formula is C12H5Cl2F12NO7S4. The molecule has 0 fully saturated rings. The highest BCUT2D eigenvalue weighted by Crippen LogP contribution is 2.59. The van der Waals surface area contributed by atoms with Gasteiger partial charge in [-0.05, 0) is 30.0 Å². The first-order valence-electron chi connectivity index (χ1n) is 8.00. The van der Waals surface area contributed by atoms with E-state index >= 15 is 0 Å². The molecule has 1 aromatic carbocycles. The van der Waals surface area contributed by atoms with Crippen LogP contribution in [0.1, 0.15) is 0 Å². The standard InChI is InChI=1S/C12H5Cl2F12NO7S4/c13-4-1-2-5(14)6(3-4)35-9(19,20)7(15,16)8(17,18)10(21,22)36(28,29)27-37(30,31)11(23,24)12(25,26)38(32,33)34/h1-3,27H,(H,32,33,34). The third-order valence-electron chi connectivity index (χ3n) is 3.81. The number of sulfonamides is 2. The predicted octanol–water partition coefficient (Wildman–Crippen LogP) is 4.86. The average Bonchev–Trinajstić information content (AvgIpc) is 2.68. The molecule has 0 unspecified atom stereocenters. The monoisotopic (exact) mass is 701 g/mol. The lowest BCUT2D eigenvalue weighted by Gasteiger charge is -2.36. The molecule has 38 heavy (non-hydrogen) atoms. The Labute approximate surface area is 217 Å². The summed E-state index contributed by atoms with van der Waals surface area (Å²) in [4.78, 5) is -1.28. The number of thioether (sulfide) groups is 1. The predicted molar refractivity (Wildman–Crippen MR) is 105 cm³/mol. The summed E-state index contributed by atoms with van der Waals surface area (Å²) in [6, 6.07) is 1.82. The Morgan fingerprint density at radius 2 is 1.11 bits per heavy atom. The summed E-state index contributed by atoms with van der Waals surface area (Å²) >= 11 is 9.02. The first kappa shape index (κ1) is 35.1. The minimum Gasteiger partial charge on any atom is -0.281 e. The Kier molecular flexibility index (Phi) is 9.12. The first-order valence-corrected chi connectivity index (χ1v) is 14.0. The minimum atomic E-state index is -8.38. The van der Waals surface area contributed by atoms with Gasteiger partial charge in [0.1, 0.15) is 0 Å². The maximum Gasteiger partial charge on any atom is 0.448 e. The maximum atomic E-state index is 14.1. The van der Waals surface area contributed by atoms with Crippen molar-refractivity contribution in [2.24, 2.45) is 0 Å². The van der Waals surface area contributed by atoms with Crippen LogP contribution in [0.4, 0.5) is 52.7 Å². The molecular weight excluding hydrogens is 697 g/mol. The van der Waals surface area contributed by atoms with Crippen molar-refractivity contribution in [3.8, 4) is 0 Å². The van der Waals surface area contributed by atoms with Crippen LogP contribution in [0.3, 0.4) is 0 Å². The Balaban J connectivity index is 3.61. The van der Waals surface area contributed by atoms with E-state index in [1.807, 2.05) is 0 Å². The molecule has 0 amide bonds. The summed E-state index contributed by atoms with van der Waals surface area (Å²) in [5.41, 5.74) is 0. The highest BCUT2D eigenvalue weighted by atomic mass is 35.5. The Morgan fingerprint density at radius 3 is 1.53 bits per heavy atom. The SMILES string of the molecule is O=S(=O)(O)C(F)(F)C(F)(F)S(=O)(=O)NS(=O)(=O)C(F)(F)C(F)(F)C(F)(F)C(F)(F)Sc1cc(Cl)ccc1Cl. The van der Waals surface area contributed by atoms with Crippen molar-refractivity contribution in [2.45, 2.75) is 37.8 Å². The van der Waals surface area contributed by atoms with Crippen LogP contribution in [0.25, 0.3) is 0 Å². The number of rotatable bonds is 11.